The Labute approximate surface area is 169 Å². The fourth-order valence-corrected chi connectivity index (χ4v) is 3.02. The zero-order valence-corrected chi connectivity index (χ0v) is 16.4. The van der Waals surface area contributed by atoms with Crippen LogP contribution in [0.5, 0.6) is 5.75 Å². The van der Waals surface area contributed by atoms with Gasteiger partial charge < -0.3 is 14.0 Å². The van der Waals surface area contributed by atoms with Gasteiger partial charge in [-0.2, -0.15) is 5.26 Å². The Bertz CT molecular complexity index is 1060. The third-order valence-corrected chi connectivity index (χ3v) is 4.36. The third kappa shape index (κ3) is 4.82. The van der Waals surface area contributed by atoms with Crippen molar-refractivity contribution in [3.05, 3.63) is 65.9 Å². The molecule has 1 heterocycles. The Morgan fingerprint density at radius 2 is 1.83 bits per heavy atom. The lowest BCUT2D eigenvalue weighted by Gasteiger charge is -2.09. The number of carbonyl (C=O) groups is 2. The van der Waals surface area contributed by atoms with Gasteiger partial charge in [0, 0.05) is 29.2 Å². The Balaban J connectivity index is 1.70. The van der Waals surface area contributed by atoms with Crippen molar-refractivity contribution in [3.8, 4) is 11.8 Å². The van der Waals surface area contributed by atoms with Crippen LogP contribution < -0.4 is 4.74 Å². The molecule has 2 aromatic carbocycles. The van der Waals surface area contributed by atoms with Crippen LogP contribution in [0.4, 0.5) is 0 Å². The number of ketones is 1. The maximum absolute atomic E-state index is 12.7. The predicted octanol–water partition coefficient (Wildman–Crippen LogP) is 4.38. The molecule has 0 spiro atoms. The molecule has 0 aliphatic heterocycles. The van der Waals surface area contributed by atoms with Crippen LogP contribution in [0.3, 0.4) is 0 Å². The molecule has 6 nitrogen and oxygen atoms in total. The first-order valence-electron chi connectivity index (χ1n) is 9.41. The molecular weight excluding hydrogens is 368 g/mol. The number of ether oxygens (including phenoxy) is 2. The molecule has 0 aliphatic rings. The summed E-state index contributed by atoms with van der Waals surface area (Å²) in [7, 11) is 0. The maximum Gasteiger partial charge on any atom is 0.338 e. The summed E-state index contributed by atoms with van der Waals surface area (Å²) in [4.78, 5) is 24.6. The summed E-state index contributed by atoms with van der Waals surface area (Å²) in [6.07, 6.45) is 1.96. The summed E-state index contributed by atoms with van der Waals surface area (Å²) in [5, 5.41) is 9.68. The van der Waals surface area contributed by atoms with E-state index in [1.54, 1.807) is 44.3 Å². The van der Waals surface area contributed by atoms with E-state index in [9.17, 15) is 9.59 Å². The summed E-state index contributed by atoms with van der Waals surface area (Å²) in [6.45, 7) is 3.98. The average molecular weight is 390 g/mol. The standard InChI is InChI=1S/C23H22N2O4/c1-16(2)29-23(27)17-8-10-18(11-9-17)28-15-22(26)20-14-25(13-5-12-24)21-7-4-3-6-19(20)21/h3-4,6-11,14,16H,5,13,15H2,1-2H3. The van der Waals surface area contributed by atoms with Crippen molar-refractivity contribution < 1.29 is 19.1 Å². The number of esters is 1. The smallest absolute Gasteiger partial charge is 0.338 e. The third-order valence-electron chi connectivity index (χ3n) is 4.36. The summed E-state index contributed by atoms with van der Waals surface area (Å²) in [6, 6.07) is 16.2. The van der Waals surface area contributed by atoms with Gasteiger partial charge in [0.25, 0.3) is 0 Å². The van der Waals surface area contributed by atoms with E-state index >= 15 is 0 Å². The molecule has 0 amide bonds. The van der Waals surface area contributed by atoms with Gasteiger partial charge in [-0.15, -0.1) is 0 Å². The predicted molar refractivity (Wildman–Crippen MR) is 109 cm³/mol. The second-order valence-corrected chi connectivity index (χ2v) is 6.85. The van der Waals surface area contributed by atoms with E-state index in [0.717, 1.165) is 10.9 Å². The highest BCUT2D eigenvalue weighted by atomic mass is 16.5. The molecule has 0 saturated carbocycles. The topological polar surface area (TPSA) is 81.3 Å². The molecule has 0 fully saturated rings. The van der Waals surface area contributed by atoms with Gasteiger partial charge in [-0.05, 0) is 44.2 Å². The maximum atomic E-state index is 12.7. The molecule has 6 heteroatoms. The van der Waals surface area contributed by atoms with Crippen LogP contribution >= 0.6 is 0 Å². The minimum atomic E-state index is -0.396. The minimum Gasteiger partial charge on any atom is -0.485 e. The lowest BCUT2D eigenvalue weighted by Crippen LogP contribution is -2.12. The molecule has 148 valence electrons. The van der Waals surface area contributed by atoms with Crippen LogP contribution in [0.1, 0.15) is 41.0 Å². The lowest BCUT2D eigenvalue weighted by atomic mass is 10.1. The molecule has 0 radical (unpaired) electrons. The van der Waals surface area contributed by atoms with Gasteiger partial charge in [0.2, 0.25) is 5.78 Å². The number of carbonyl (C=O) groups excluding carboxylic acids is 2. The van der Waals surface area contributed by atoms with E-state index in [2.05, 4.69) is 6.07 Å². The number of hydrogen-bond donors (Lipinski definition) is 0. The van der Waals surface area contributed by atoms with Gasteiger partial charge >= 0.3 is 5.97 Å². The number of rotatable bonds is 8. The molecule has 3 rings (SSSR count). The molecule has 0 aliphatic carbocycles. The zero-order chi connectivity index (χ0) is 20.8. The van der Waals surface area contributed by atoms with E-state index in [4.69, 9.17) is 14.7 Å². The second-order valence-electron chi connectivity index (χ2n) is 6.85. The van der Waals surface area contributed by atoms with E-state index in [1.165, 1.54) is 0 Å². The molecule has 0 N–H and O–H groups in total. The van der Waals surface area contributed by atoms with Crippen molar-refractivity contribution in [3.63, 3.8) is 0 Å². The first kappa shape index (κ1) is 20.2. The summed E-state index contributed by atoms with van der Waals surface area (Å²) < 4.78 is 12.7. The average Bonchev–Trinajstić information content (AvgIpc) is 3.09. The first-order chi connectivity index (χ1) is 14.0. The molecule has 3 aromatic rings. The van der Waals surface area contributed by atoms with E-state index in [1.807, 2.05) is 28.8 Å². The van der Waals surface area contributed by atoms with Crippen molar-refractivity contribution in [2.24, 2.45) is 0 Å². The summed E-state index contributed by atoms with van der Waals surface area (Å²) >= 11 is 0. The second kappa shape index (κ2) is 9.07. The highest BCUT2D eigenvalue weighted by molar-refractivity contribution is 6.08. The van der Waals surface area contributed by atoms with Gasteiger partial charge in [-0.1, -0.05) is 18.2 Å². The van der Waals surface area contributed by atoms with E-state index in [0.29, 0.717) is 29.8 Å². The molecule has 29 heavy (non-hydrogen) atoms. The van der Waals surface area contributed by atoms with Crippen LogP contribution in [0.15, 0.2) is 54.7 Å². The highest BCUT2D eigenvalue weighted by Gasteiger charge is 2.16. The van der Waals surface area contributed by atoms with Gasteiger partial charge in [0.1, 0.15) is 5.75 Å². The zero-order valence-electron chi connectivity index (χ0n) is 16.4. The number of aromatic nitrogens is 1. The number of Topliss-reactive ketones (excluding diaryl/α,β-unsaturated/α-hetero) is 1. The van der Waals surface area contributed by atoms with Crippen LogP contribution in [-0.4, -0.2) is 29.0 Å². The fourth-order valence-electron chi connectivity index (χ4n) is 3.02. The van der Waals surface area contributed by atoms with Gasteiger partial charge in [-0.3, -0.25) is 4.79 Å². The van der Waals surface area contributed by atoms with Crippen LogP contribution in [0.25, 0.3) is 10.9 Å². The summed E-state index contributed by atoms with van der Waals surface area (Å²) in [5.41, 5.74) is 1.91. The van der Waals surface area contributed by atoms with Gasteiger partial charge in [0.15, 0.2) is 6.61 Å². The quantitative estimate of drug-likeness (QED) is 0.421. The van der Waals surface area contributed by atoms with Crippen molar-refractivity contribution in [1.29, 1.82) is 5.26 Å². The number of fused-ring (bicyclic) bond motifs is 1. The number of benzene rings is 2. The molecule has 0 atom stereocenters. The van der Waals surface area contributed by atoms with Crippen LogP contribution in [0, 0.1) is 11.3 Å². The monoisotopic (exact) mass is 390 g/mol. The van der Waals surface area contributed by atoms with Crippen molar-refractivity contribution in [2.75, 3.05) is 6.61 Å². The molecular formula is C23H22N2O4. The van der Waals surface area contributed by atoms with E-state index < -0.39 is 5.97 Å². The molecule has 0 saturated heterocycles. The van der Waals surface area contributed by atoms with Crippen molar-refractivity contribution in [1.82, 2.24) is 4.57 Å². The molecule has 0 bridgehead atoms. The van der Waals surface area contributed by atoms with Crippen molar-refractivity contribution in [2.45, 2.75) is 32.9 Å². The highest BCUT2D eigenvalue weighted by Crippen LogP contribution is 2.23. The van der Waals surface area contributed by atoms with Crippen molar-refractivity contribution >= 4 is 22.7 Å². The van der Waals surface area contributed by atoms with Crippen LogP contribution in [0.2, 0.25) is 0 Å². The van der Waals surface area contributed by atoms with Gasteiger partial charge in [-0.25, -0.2) is 4.79 Å². The Hall–Kier alpha value is -3.59. The van der Waals surface area contributed by atoms with Crippen LogP contribution in [-0.2, 0) is 11.3 Å². The lowest BCUT2D eigenvalue weighted by molar-refractivity contribution is 0.0377. The fraction of sp³-hybridized carbons (Fsp3) is 0.261. The summed E-state index contributed by atoms with van der Waals surface area (Å²) in [5.74, 6) is -0.0549. The van der Waals surface area contributed by atoms with E-state index in [-0.39, 0.29) is 18.5 Å². The number of aryl methyl sites for hydroxylation is 1. The Morgan fingerprint density at radius 1 is 1.10 bits per heavy atom. The first-order valence-corrected chi connectivity index (χ1v) is 9.41. The molecule has 1 aromatic heterocycles. The Morgan fingerprint density at radius 3 is 2.52 bits per heavy atom. The number of nitriles is 1. The number of hydrogen-bond acceptors (Lipinski definition) is 5. The number of nitrogens with zero attached hydrogens (tertiary/aromatic N) is 2. The van der Waals surface area contributed by atoms with Gasteiger partial charge in [0.05, 0.1) is 24.2 Å². The number of para-hydroxylation sites is 1. The SMILES string of the molecule is CC(C)OC(=O)c1ccc(OCC(=O)c2cn(CCC#N)c3ccccc23)cc1. The Kier molecular flexibility index (Phi) is 6.30. The normalized spacial score (nSPS) is 10.7. The molecule has 0 unspecified atom stereocenters. The largest absolute Gasteiger partial charge is 0.485 e. The minimum absolute atomic E-state index is 0.123.